The van der Waals surface area contributed by atoms with Gasteiger partial charge in [0.1, 0.15) is 0 Å². The summed E-state index contributed by atoms with van der Waals surface area (Å²) in [6.07, 6.45) is 0. The monoisotopic (exact) mass is 362 g/mol. The molecule has 0 atom stereocenters. The Morgan fingerprint density at radius 3 is 2.64 bits per heavy atom. The summed E-state index contributed by atoms with van der Waals surface area (Å²) in [4.78, 5) is 23.9. The van der Waals surface area contributed by atoms with Gasteiger partial charge in [0.2, 0.25) is 0 Å². The van der Waals surface area contributed by atoms with Crippen LogP contribution in [-0.2, 0) is 11.3 Å². The summed E-state index contributed by atoms with van der Waals surface area (Å²) in [5.41, 5.74) is 1.52. The average Bonchev–Trinajstić information content (AvgIpc) is 3.10. The van der Waals surface area contributed by atoms with E-state index in [9.17, 15) is 9.59 Å². The predicted octanol–water partition coefficient (Wildman–Crippen LogP) is 2.59. The molecule has 25 heavy (non-hydrogen) atoms. The van der Waals surface area contributed by atoms with Crippen LogP contribution in [0.1, 0.15) is 29.8 Å². The number of hydrogen-bond donors (Lipinski definition) is 2. The number of rotatable bonds is 8. The van der Waals surface area contributed by atoms with Crippen LogP contribution < -0.4 is 20.1 Å². The number of methoxy groups -OCH3 is 1. The molecule has 0 unspecified atom stereocenters. The lowest BCUT2D eigenvalue weighted by Gasteiger charge is -2.13. The Kier molecular flexibility index (Phi) is 6.82. The maximum absolute atomic E-state index is 12.2. The standard InChI is InChI=1S/C18H22N2O4S/c1-12(2)20-17(21)10-24-15-5-4-14(8-16(15)23-3)18(22)19-9-13-6-7-25-11-13/h4-8,11-12H,9-10H2,1-3H3,(H,19,22)(H,20,21). The number of nitrogens with one attached hydrogen (secondary N) is 2. The van der Waals surface area contributed by atoms with Crippen molar-refractivity contribution in [3.8, 4) is 11.5 Å². The fourth-order valence-electron chi connectivity index (χ4n) is 2.11. The number of ether oxygens (including phenoxy) is 2. The van der Waals surface area contributed by atoms with Gasteiger partial charge in [-0.15, -0.1) is 0 Å². The molecule has 1 aromatic carbocycles. The Balaban J connectivity index is 1.97. The van der Waals surface area contributed by atoms with E-state index in [2.05, 4.69) is 10.6 Å². The second-order valence-electron chi connectivity index (χ2n) is 5.69. The van der Waals surface area contributed by atoms with E-state index in [1.165, 1.54) is 7.11 Å². The first-order valence-corrected chi connectivity index (χ1v) is 8.83. The van der Waals surface area contributed by atoms with Gasteiger partial charge >= 0.3 is 0 Å². The summed E-state index contributed by atoms with van der Waals surface area (Å²) in [5, 5.41) is 9.54. The van der Waals surface area contributed by atoms with Gasteiger partial charge in [0.15, 0.2) is 18.1 Å². The molecule has 2 N–H and O–H groups in total. The minimum Gasteiger partial charge on any atom is -0.493 e. The van der Waals surface area contributed by atoms with E-state index in [-0.39, 0.29) is 24.5 Å². The lowest BCUT2D eigenvalue weighted by atomic mass is 10.2. The third-order valence-corrected chi connectivity index (χ3v) is 4.00. The number of carbonyl (C=O) groups is 2. The Bertz CT molecular complexity index is 714. The van der Waals surface area contributed by atoms with Crippen molar-refractivity contribution in [2.45, 2.75) is 26.4 Å². The molecule has 1 heterocycles. The van der Waals surface area contributed by atoms with Crippen molar-refractivity contribution in [1.82, 2.24) is 10.6 Å². The smallest absolute Gasteiger partial charge is 0.258 e. The van der Waals surface area contributed by atoms with E-state index < -0.39 is 0 Å². The van der Waals surface area contributed by atoms with Crippen LogP contribution in [0.3, 0.4) is 0 Å². The molecule has 0 bridgehead atoms. The lowest BCUT2D eigenvalue weighted by Crippen LogP contribution is -2.34. The Hall–Kier alpha value is -2.54. The Labute approximate surface area is 151 Å². The predicted molar refractivity (Wildman–Crippen MR) is 97.3 cm³/mol. The van der Waals surface area contributed by atoms with Gasteiger partial charge in [0, 0.05) is 18.2 Å². The third-order valence-electron chi connectivity index (χ3n) is 3.27. The molecule has 0 saturated carbocycles. The van der Waals surface area contributed by atoms with Crippen LogP contribution >= 0.6 is 11.3 Å². The van der Waals surface area contributed by atoms with Crippen LogP contribution in [0.15, 0.2) is 35.0 Å². The molecule has 0 spiro atoms. The zero-order valence-corrected chi connectivity index (χ0v) is 15.3. The van der Waals surface area contributed by atoms with Gasteiger partial charge in [0.05, 0.1) is 7.11 Å². The summed E-state index contributed by atoms with van der Waals surface area (Å²) in [5.74, 6) is 0.402. The van der Waals surface area contributed by atoms with Crippen molar-refractivity contribution in [1.29, 1.82) is 0 Å². The van der Waals surface area contributed by atoms with Crippen molar-refractivity contribution in [3.05, 3.63) is 46.2 Å². The second kappa shape index (κ2) is 9.08. The highest BCUT2D eigenvalue weighted by molar-refractivity contribution is 7.07. The van der Waals surface area contributed by atoms with E-state index in [0.717, 1.165) is 5.56 Å². The summed E-state index contributed by atoms with van der Waals surface area (Å²) in [6, 6.07) is 6.87. The number of benzene rings is 1. The highest BCUT2D eigenvalue weighted by atomic mass is 32.1. The molecule has 2 amide bonds. The third kappa shape index (κ3) is 5.79. The van der Waals surface area contributed by atoms with E-state index in [0.29, 0.717) is 23.6 Å². The molecular weight excluding hydrogens is 340 g/mol. The van der Waals surface area contributed by atoms with Gasteiger partial charge in [-0.3, -0.25) is 9.59 Å². The summed E-state index contributed by atoms with van der Waals surface area (Å²) >= 11 is 1.59. The van der Waals surface area contributed by atoms with Crippen LogP contribution in [0.2, 0.25) is 0 Å². The molecule has 0 radical (unpaired) electrons. The maximum Gasteiger partial charge on any atom is 0.258 e. The van der Waals surface area contributed by atoms with Crippen molar-refractivity contribution in [2.75, 3.05) is 13.7 Å². The Morgan fingerprint density at radius 2 is 2.00 bits per heavy atom. The highest BCUT2D eigenvalue weighted by Gasteiger charge is 2.13. The number of thiophene rings is 1. The summed E-state index contributed by atoms with van der Waals surface area (Å²) in [6.45, 7) is 4.11. The molecule has 2 aromatic rings. The molecule has 6 nitrogen and oxygen atoms in total. The lowest BCUT2D eigenvalue weighted by molar-refractivity contribution is -0.123. The first-order valence-electron chi connectivity index (χ1n) is 7.89. The first-order chi connectivity index (χ1) is 12.0. The van der Waals surface area contributed by atoms with Crippen molar-refractivity contribution in [3.63, 3.8) is 0 Å². The minimum absolute atomic E-state index is 0.0484. The number of hydrogen-bond acceptors (Lipinski definition) is 5. The molecule has 0 aliphatic carbocycles. The van der Waals surface area contributed by atoms with E-state index >= 15 is 0 Å². The number of carbonyl (C=O) groups excluding carboxylic acids is 2. The van der Waals surface area contributed by atoms with E-state index in [1.54, 1.807) is 29.5 Å². The van der Waals surface area contributed by atoms with Crippen molar-refractivity contribution >= 4 is 23.2 Å². The van der Waals surface area contributed by atoms with Gasteiger partial charge in [-0.05, 0) is 54.4 Å². The largest absolute Gasteiger partial charge is 0.493 e. The van der Waals surface area contributed by atoms with Crippen molar-refractivity contribution < 1.29 is 19.1 Å². The molecule has 7 heteroatoms. The fraction of sp³-hybridized carbons (Fsp3) is 0.333. The van der Waals surface area contributed by atoms with Crippen LogP contribution in [0.5, 0.6) is 11.5 Å². The summed E-state index contributed by atoms with van der Waals surface area (Å²) < 4.78 is 10.7. The van der Waals surface area contributed by atoms with Crippen molar-refractivity contribution in [2.24, 2.45) is 0 Å². The van der Waals surface area contributed by atoms with Crippen LogP contribution in [0.4, 0.5) is 0 Å². The summed E-state index contributed by atoms with van der Waals surface area (Å²) in [7, 11) is 1.49. The molecule has 0 saturated heterocycles. The van der Waals surface area contributed by atoms with Gasteiger partial charge < -0.3 is 20.1 Å². The number of amides is 2. The molecular formula is C18H22N2O4S. The average molecular weight is 362 g/mol. The van der Waals surface area contributed by atoms with E-state index in [1.807, 2.05) is 30.7 Å². The maximum atomic E-state index is 12.2. The molecule has 134 valence electrons. The van der Waals surface area contributed by atoms with Gasteiger partial charge in [-0.1, -0.05) is 0 Å². The fourth-order valence-corrected chi connectivity index (χ4v) is 2.78. The Morgan fingerprint density at radius 1 is 1.20 bits per heavy atom. The van der Waals surface area contributed by atoms with Crippen LogP contribution in [-0.4, -0.2) is 31.6 Å². The topological polar surface area (TPSA) is 76.7 Å². The molecule has 0 aliphatic heterocycles. The molecule has 0 fully saturated rings. The molecule has 2 rings (SSSR count). The van der Waals surface area contributed by atoms with Crippen LogP contribution in [0, 0.1) is 0 Å². The molecule has 0 aliphatic rings. The minimum atomic E-state index is -0.213. The van der Waals surface area contributed by atoms with Gasteiger partial charge in [-0.2, -0.15) is 11.3 Å². The zero-order valence-electron chi connectivity index (χ0n) is 14.5. The zero-order chi connectivity index (χ0) is 18.2. The normalized spacial score (nSPS) is 10.4. The molecule has 1 aromatic heterocycles. The van der Waals surface area contributed by atoms with Crippen LogP contribution in [0.25, 0.3) is 0 Å². The van der Waals surface area contributed by atoms with Gasteiger partial charge in [0.25, 0.3) is 11.8 Å². The first kappa shape index (κ1) is 18.8. The SMILES string of the molecule is COc1cc(C(=O)NCc2ccsc2)ccc1OCC(=O)NC(C)C. The van der Waals surface area contributed by atoms with E-state index in [4.69, 9.17) is 9.47 Å². The second-order valence-corrected chi connectivity index (χ2v) is 6.47. The van der Waals surface area contributed by atoms with Gasteiger partial charge in [-0.25, -0.2) is 0 Å². The highest BCUT2D eigenvalue weighted by Crippen LogP contribution is 2.28. The quantitative estimate of drug-likeness (QED) is 0.757.